The second-order valence-corrected chi connectivity index (χ2v) is 12.3. The van der Waals surface area contributed by atoms with E-state index >= 15 is 0 Å². The van der Waals surface area contributed by atoms with Crippen LogP contribution in [0.4, 0.5) is 0 Å². The van der Waals surface area contributed by atoms with Crippen molar-refractivity contribution in [2.75, 3.05) is 13.7 Å². The molecule has 0 fully saturated rings. The number of carbonyl (C=O) groups is 3. The first-order valence-electron chi connectivity index (χ1n) is 19.7. The van der Waals surface area contributed by atoms with Gasteiger partial charge in [0.1, 0.15) is 6.04 Å². The van der Waals surface area contributed by atoms with Gasteiger partial charge in [0.05, 0.1) is 7.11 Å². The quantitative estimate of drug-likeness (QED) is 0.0413. The average molecular weight is 715 g/mol. The van der Waals surface area contributed by atoms with Gasteiger partial charge >= 0.3 is 5.97 Å². The zero-order valence-electron chi connectivity index (χ0n) is 32.7. The van der Waals surface area contributed by atoms with Crippen LogP contribution in [-0.2, 0) is 19.1 Å². The second kappa shape index (κ2) is 39.6. The molecule has 0 aliphatic rings. The van der Waals surface area contributed by atoms with Crippen molar-refractivity contribution < 1.29 is 19.1 Å². The molecule has 6 nitrogen and oxygen atoms in total. The van der Waals surface area contributed by atoms with E-state index in [0.717, 1.165) is 83.5 Å². The lowest BCUT2D eigenvalue weighted by atomic mass is 10.1. The monoisotopic (exact) mass is 715 g/mol. The van der Waals surface area contributed by atoms with Crippen molar-refractivity contribution in [1.29, 1.82) is 0 Å². The molecule has 52 heavy (non-hydrogen) atoms. The Balaban J connectivity index is 3.99. The van der Waals surface area contributed by atoms with E-state index in [1.165, 1.54) is 7.11 Å². The molecule has 2 N–H and O–H groups in total. The molecule has 1 unspecified atom stereocenters. The Morgan fingerprint density at radius 2 is 0.827 bits per heavy atom. The third kappa shape index (κ3) is 35.6. The molecule has 288 valence electrons. The summed E-state index contributed by atoms with van der Waals surface area (Å²) in [5.41, 5.74) is 0. The van der Waals surface area contributed by atoms with Crippen LogP contribution in [0.5, 0.6) is 0 Å². The number of methoxy groups -OCH3 is 1. The predicted octanol–water partition coefficient (Wildman–Crippen LogP) is 11.4. The van der Waals surface area contributed by atoms with Crippen molar-refractivity contribution in [2.24, 2.45) is 0 Å². The minimum Gasteiger partial charge on any atom is -0.467 e. The largest absolute Gasteiger partial charge is 0.467 e. The van der Waals surface area contributed by atoms with Gasteiger partial charge in [-0.3, -0.25) is 9.59 Å². The molecule has 0 bridgehead atoms. The van der Waals surface area contributed by atoms with Gasteiger partial charge < -0.3 is 15.4 Å². The first kappa shape index (κ1) is 47.8. The van der Waals surface area contributed by atoms with Gasteiger partial charge in [0.25, 0.3) is 0 Å². The number of hydrogen-bond acceptors (Lipinski definition) is 4. The summed E-state index contributed by atoms with van der Waals surface area (Å²) >= 11 is 0. The Morgan fingerprint density at radius 3 is 1.19 bits per heavy atom. The standard InChI is InChI=1S/C46H70N2O4/c1-4-6-8-10-12-14-16-18-20-22-24-26-28-30-32-34-36-40-44(49)47-42-38-39-43(46(51)52-3)48-45(50)41-37-35-33-31-29-27-25-23-21-19-17-15-13-11-9-7-5-2/h6-9,12-15,18-21,24-27,30-33,43H,4-5,10-11,16-17,22-23,28-29,34-42H2,1-3H3,(H,47,49)(H,48,50). The topological polar surface area (TPSA) is 84.5 Å². The number of esters is 1. The van der Waals surface area contributed by atoms with Crippen LogP contribution in [0, 0.1) is 0 Å². The SMILES string of the molecule is CCC=CCC=CCC=CCC=CCC=CCCCC(=O)NCCCC(NC(=O)CCCC=CCC=CCC=CCC=CCC=CCC)C(=O)OC. The molecule has 0 heterocycles. The van der Waals surface area contributed by atoms with Crippen molar-refractivity contribution in [3.05, 3.63) is 122 Å². The van der Waals surface area contributed by atoms with Crippen LogP contribution in [0.3, 0.4) is 0 Å². The Bertz CT molecular complexity index is 1200. The van der Waals surface area contributed by atoms with Crippen LogP contribution in [0.2, 0.25) is 0 Å². The predicted molar refractivity (Wildman–Crippen MR) is 223 cm³/mol. The number of ether oxygens (including phenoxy) is 1. The number of carbonyl (C=O) groups excluding carboxylic acids is 3. The Labute approximate surface area is 317 Å². The third-order valence-corrected chi connectivity index (χ3v) is 7.68. The minimum atomic E-state index is -0.710. The van der Waals surface area contributed by atoms with Crippen molar-refractivity contribution in [3.63, 3.8) is 0 Å². The van der Waals surface area contributed by atoms with E-state index in [9.17, 15) is 14.4 Å². The van der Waals surface area contributed by atoms with Crippen LogP contribution in [0.15, 0.2) is 122 Å². The summed E-state index contributed by atoms with van der Waals surface area (Å²) in [6, 6.07) is -0.710. The first-order valence-corrected chi connectivity index (χ1v) is 19.7. The van der Waals surface area contributed by atoms with Crippen LogP contribution in [-0.4, -0.2) is 37.5 Å². The number of amides is 2. The fourth-order valence-electron chi connectivity index (χ4n) is 4.78. The second-order valence-electron chi connectivity index (χ2n) is 12.3. The van der Waals surface area contributed by atoms with Gasteiger partial charge in [-0.25, -0.2) is 4.79 Å². The van der Waals surface area contributed by atoms with Gasteiger partial charge in [-0.2, -0.15) is 0 Å². The highest BCUT2D eigenvalue weighted by atomic mass is 16.5. The van der Waals surface area contributed by atoms with E-state index in [1.54, 1.807) is 0 Å². The molecule has 6 heteroatoms. The van der Waals surface area contributed by atoms with Gasteiger partial charge in [-0.05, 0) is 103 Å². The van der Waals surface area contributed by atoms with Crippen LogP contribution in [0.25, 0.3) is 0 Å². The summed E-state index contributed by atoms with van der Waals surface area (Å²) < 4.78 is 4.89. The summed E-state index contributed by atoms with van der Waals surface area (Å²) in [6.45, 7) is 4.74. The molecule has 0 aliphatic carbocycles. The molecule has 0 saturated heterocycles. The average Bonchev–Trinajstić information content (AvgIpc) is 3.15. The Morgan fingerprint density at radius 1 is 0.481 bits per heavy atom. The lowest BCUT2D eigenvalue weighted by molar-refractivity contribution is -0.145. The molecule has 0 rings (SSSR count). The molecular formula is C46H70N2O4. The summed E-state index contributed by atoms with van der Waals surface area (Å²) in [5.74, 6) is -0.627. The van der Waals surface area contributed by atoms with E-state index < -0.39 is 12.0 Å². The summed E-state index contributed by atoms with van der Waals surface area (Å²) in [6.07, 6.45) is 58.1. The van der Waals surface area contributed by atoms with Gasteiger partial charge in [0.15, 0.2) is 0 Å². The van der Waals surface area contributed by atoms with Gasteiger partial charge in [0, 0.05) is 19.4 Å². The fourth-order valence-corrected chi connectivity index (χ4v) is 4.78. The Hall–Kier alpha value is -4.19. The number of nitrogens with one attached hydrogen (secondary N) is 2. The smallest absolute Gasteiger partial charge is 0.328 e. The summed E-state index contributed by atoms with van der Waals surface area (Å²) in [4.78, 5) is 36.9. The third-order valence-electron chi connectivity index (χ3n) is 7.68. The van der Waals surface area contributed by atoms with E-state index in [4.69, 9.17) is 4.74 Å². The van der Waals surface area contributed by atoms with Crippen molar-refractivity contribution in [3.8, 4) is 0 Å². The highest BCUT2D eigenvalue weighted by Gasteiger charge is 2.20. The number of unbranched alkanes of at least 4 members (excludes halogenated alkanes) is 2. The molecule has 0 radical (unpaired) electrons. The first-order chi connectivity index (χ1) is 25.5. The molecule has 0 aliphatic heterocycles. The van der Waals surface area contributed by atoms with E-state index in [2.05, 4.69) is 146 Å². The maximum atomic E-state index is 12.5. The van der Waals surface area contributed by atoms with E-state index in [-0.39, 0.29) is 11.8 Å². The van der Waals surface area contributed by atoms with Crippen molar-refractivity contribution in [1.82, 2.24) is 10.6 Å². The molecule has 0 spiro atoms. The minimum absolute atomic E-state index is 0.000972. The normalized spacial score (nSPS) is 13.4. The number of allylic oxidation sites excluding steroid dienone is 20. The molecule has 0 aromatic heterocycles. The maximum absolute atomic E-state index is 12.5. The molecular weight excluding hydrogens is 645 g/mol. The highest BCUT2D eigenvalue weighted by molar-refractivity contribution is 5.84. The van der Waals surface area contributed by atoms with Crippen LogP contribution < -0.4 is 10.6 Å². The molecule has 0 aromatic carbocycles. The number of rotatable bonds is 32. The van der Waals surface area contributed by atoms with Gasteiger partial charge in [-0.1, -0.05) is 135 Å². The Kier molecular flexibility index (Phi) is 36.4. The van der Waals surface area contributed by atoms with Crippen LogP contribution >= 0.6 is 0 Å². The molecule has 0 aromatic rings. The van der Waals surface area contributed by atoms with Crippen LogP contribution in [0.1, 0.15) is 129 Å². The van der Waals surface area contributed by atoms with Crippen molar-refractivity contribution >= 4 is 17.8 Å². The highest BCUT2D eigenvalue weighted by Crippen LogP contribution is 2.05. The van der Waals surface area contributed by atoms with E-state index in [1.807, 2.05) is 0 Å². The zero-order valence-corrected chi connectivity index (χ0v) is 32.7. The lowest BCUT2D eigenvalue weighted by Gasteiger charge is -2.16. The van der Waals surface area contributed by atoms with Gasteiger partial charge in [0.2, 0.25) is 11.8 Å². The van der Waals surface area contributed by atoms with Crippen molar-refractivity contribution in [2.45, 2.75) is 135 Å². The molecule has 0 saturated carbocycles. The fraction of sp³-hybridized carbons (Fsp3) is 0.500. The summed E-state index contributed by atoms with van der Waals surface area (Å²) in [5, 5.41) is 5.72. The molecule has 1 atom stereocenters. The maximum Gasteiger partial charge on any atom is 0.328 e. The zero-order chi connectivity index (χ0) is 38.0. The van der Waals surface area contributed by atoms with E-state index in [0.29, 0.717) is 38.6 Å². The summed E-state index contributed by atoms with van der Waals surface area (Å²) in [7, 11) is 1.32. The van der Waals surface area contributed by atoms with Gasteiger partial charge in [-0.15, -0.1) is 0 Å². The molecule has 2 amide bonds. The lowest BCUT2D eigenvalue weighted by Crippen LogP contribution is -2.42. The number of hydrogen-bond donors (Lipinski definition) is 2.